The molecule has 1 aromatic rings. The molecular formula is C18H19NO3. The van der Waals surface area contributed by atoms with E-state index in [0.717, 1.165) is 24.1 Å². The summed E-state index contributed by atoms with van der Waals surface area (Å²) in [5.41, 5.74) is 1.88. The summed E-state index contributed by atoms with van der Waals surface area (Å²) in [7, 11) is 0. The smallest absolute Gasteiger partial charge is 0.307 e. The molecule has 3 aliphatic carbocycles. The number of carboxylic acid groups (broad SMARTS) is 1. The highest BCUT2D eigenvalue weighted by Gasteiger charge is 2.70. The van der Waals surface area contributed by atoms with Gasteiger partial charge in [0.15, 0.2) is 0 Å². The molecular weight excluding hydrogens is 278 g/mol. The van der Waals surface area contributed by atoms with Gasteiger partial charge in [0.05, 0.1) is 11.8 Å². The summed E-state index contributed by atoms with van der Waals surface area (Å²) < 4.78 is 0. The van der Waals surface area contributed by atoms with E-state index in [1.807, 2.05) is 37.3 Å². The van der Waals surface area contributed by atoms with Crippen molar-refractivity contribution in [2.45, 2.75) is 19.8 Å². The molecule has 0 aromatic heterocycles. The van der Waals surface area contributed by atoms with E-state index < -0.39 is 17.8 Å². The van der Waals surface area contributed by atoms with Gasteiger partial charge in [-0.2, -0.15) is 0 Å². The molecule has 2 bridgehead atoms. The van der Waals surface area contributed by atoms with Gasteiger partial charge in [-0.15, -0.1) is 0 Å². The molecule has 0 aliphatic heterocycles. The third-order valence-corrected chi connectivity index (χ3v) is 5.72. The number of benzene rings is 1. The molecule has 1 spiro atoms. The van der Waals surface area contributed by atoms with E-state index >= 15 is 0 Å². The first-order valence-electron chi connectivity index (χ1n) is 7.82. The van der Waals surface area contributed by atoms with Crippen molar-refractivity contribution in [2.24, 2.45) is 29.1 Å². The number of rotatable bonds is 3. The third kappa shape index (κ3) is 1.76. The van der Waals surface area contributed by atoms with Gasteiger partial charge < -0.3 is 10.4 Å². The van der Waals surface area contributed by atoms with Crippen LogP contribution in [0.25, 0.3) is 0 Å². The van der Waals surface area contributed by atoms with Crippen LogP contribution in [0.5, 0.6) is 0 Å². The molecule has 0 radical (unpaired) electrons. The zero-order chi connectivity index (χ0) is 15.5. The Balaban J connectivity index is 1.62. The maximum absolute atomic E-state index is 12.7. The number of allylic oxidation sites excluding steroid dienone is 2. The molecule has 2 saturated carbocycles. The Labute approximate surface area is 129 Å². The molecule has 1 aromatic carbocycles. The van der Waals surface area contributed by atoms with E-state index in [4.69, 9.17) is 0 Å². The molecule has 0 unspecified atom stereocenters. The van der Waals surface area contributed by atoms with Gasteiger partial charge >= 0.3 is 5.97 Å². The summed E-state index contributed by atoms with van der Waals surface area (Å²) in [5.74, 6) is -1.90. The SMILES string of the molecule is Cc1cccc(NC(=O)[C@H]2[C@H](C(=O)O)[C@H]3C=C[C@H]2C32CC2)c1. The molecule has 4 rings (SSSR count). The van der Waals surface area contributed by atoms with Crippen molar-refractivity contribution in [1.29, 1.82) is 0 Å². The van der Waals surface area contributed by atoms with E-state index in [9.17, 15) is 14.7 Å². The minimum Gasteiger partial charge on any atom is -0.481 e. The average molecular weight is 297 g/mol. The van der Waals surface area contributed by atoms with E-state index in [0.29, 0.717) is 0 Å². The first-order chi connectivity index (χ1) is 10.5. The fourth-order valence-corrected chi connectivity index (χ4v) is 4.64. The predicted octanol–water partition coefficient (Wildman–Crippen LogP) is 2.85. The van der Waals surface area contributed by atoms with Crippen LogP contribution in [0.4, 0.5) is 5.69 Å². The van der Waals surface area contributed by atoms with Gasteiger partial charge in [0, 0.05) is 5.69 Å². The first kappa shape index (κ1) is 13.6. The highest BCUT2D eigenvalue weighted by molar-refractivity contribution is 5.96. The average Bonchev–Trinajstić information content (AvgIpc) is 3.12. The number of nitrogens with one attached hydrogen (secondary N) is 1. The van der Waals surface area contributed by atoms with Crippen LogP contribution in [0, 0.1) is 36.0 Å². The van der Waals surface area contributed by atoms with E-state index in [1.165, 1.54) is 0 Å². The van der Waals surface area contributed by atoms with Crippen molar-refractivity contribution >= 4 is 17.6 Å². The predicted molar refractivity (Wildman–Crippen MR) is 82.2 cm³/mol. The van der Waals surface area contributed by atoms with E-state index in [2.05, 4.69) is 11.4 Å². The second-order valence-electron chi connectivity index (χ2n) is 6.92. The molecule has 2 fully saturated rings. The van der Waals surface area contributed by atoms with Crippen molar-refractivity contribution in [2.75, 3.05) is 5.32 Å². The molecule has 22 heavy (non-hydrogen) atoms. The standard InChI is InChI=1S/C18H19NO3/c1-10-3-2-4-11(9-10)19-16(20)14-12-5-6-13(15(14)17(21)22)18(12)7-8-18/h2-6,9,12-15H,7-8H2,1H3,(H,19,20)(H,21,22)/t12-,13-,14-,15-/m1/s1. The zero-order valence-electron chi connectivity index (χ0n) is 12.5. The van der Waals surface area contributed by atoms with Crippen LogP contribution >= 0.6 is 0 Å². The molecule has 1 amide bonds. The highest BCUT2D eigenvalue weighted by Crippen LogP contribution is 2.72. The van der Waals surface area contributed by atoms with Gasteiger partial charge in [-0.3, -0.25) is 9.59 Å². The molecule has 4 heteroatoms. The Morgan fingerprint density at radius 3 is 2.45 bits per heavy atom. The normalized spacial score (nSPS) is 33.1. The van der Waals surface area contributed by atoms with Gasteiger partial charge in [0.2, 0.25) is 5.91 Å². The minimum absolute atomic E-state index is 0.0308. The lowest BCUT2D eigenvalue weighted by molar-refractivity contribution is -0.146. The molecule has 0 heterocycles. The number of carbonyl (C=O) groups excluding carboxylic acids is 1. The maximum Gasteiger partial charge on any atom is 0.307 e. The molecule has 0 saturated heterocycles. The molecule has 114 valence electrons. The van der Waals surface area contributed by atoms with Crippen molar-refractivity contribution in [3.05, 3.63) is 42.0 Å². The summed E-state index contributed by atoms with van der Waals surface area (Å²) in [6.45, 7) is 1.97. The second-order valence-corrected chi connectivity index (χ2v) is 6.92. The Morgan fingerprint density at radius 1 is 1.18 bits per heavy atom. The topological polar surface area (TPSA) is 66.4 Å². The van der Waals surface area contributed by atoms with Crippen LogP contribution in [0.2, 0.25) is 0 Å². The fraction of sp³-hybridized carbons (Fsp3) is 0.444. The second kappa shape index (κ2) is 4.45. The van der Waals surface area contributed by atoms with Crippen LogP contribution in [0.1, 0.15) is 18.4 Å². The summed E-state index contributed by atoms with van der Waals surface area (Å²) in [4.78, 5) is 24.5. The van der Waals surface area contributed by atoms with Gasteiger partial charge in [0.25, 0.3) is 0 Å². The number of aliphatic carboxylic acids is 1. The van der Waals surface area contributed by atoms with Crippen LogP contribution in [0.3, 0.4) is 0 Å². The Morgan fingerprint density at radius 2 is 1.86 bits per heavy atom. The van der Waals surface area contributed by atoms with Crippen LogP contribution < -0.4 is 5.32 Å². The highest BCUT2D eigenvalue weighted by atomic mass is 16.4. The third-order valence-electron chi connectivity index (χ3n) is 5.72. The fourth-order valence-electron chi connectivity index (χ4n) is 4.64. The molecule has 2 N–H and O–H groups in total. The van der Waals surface area contributed by atoms with Gasteiger partial charge in [0.1, 0.15) is 0 Å². The Hall–Kier alpha value is -2.10. The van der Waals surface area contributed by atoms with Crippen molar-refractivity contribution < 1.29 is 14.7 Å². The lowest BCUT2D eigenvalue weighted by Gasteiger charge is -2.23. The largest absolute Gasteiger partial charge is 0.481 e. The molecule has 4 nitrogen and oxygen atoms in total. The lowest BCUT2D eigenvalue weighted by atomic mass is 9.82. The Kier molecular flexibility index (Phi) is 2.74. The van der Waals surface area contributed by atoms with Crippen LogP contribution in [-0.2, 0) is 9.59 Å². The van der Waals surface area contributed by atoms with Gasteiger partial charge in [-0.05, 0) is 54.7 Å². The number of anilines is 1. The lowest BCUT2D eigenvalue weighted by Crippen LogP contribution is -2.36. The number of hydrogen-bond donors (Lipinski definition) is 2. The minimum atomic E-state index is -0.840. The molecule has 3 aliphatic rings. The molecule has 4 atom stereocenters. The number of amides is 1. The van der Waals surface area contributed by atoms with Crippen LogP contribution in [0.15, 0.2) is 36.4 Å². The Bertz CT molecular complexity index is 689. The summed E-state index contributed by atoms with van der Waals surface area (Å²) in [6.07, 6.45) is 6.21. The maximum atomic E-state index is 12.7. The number of carboxylic acids is 1. The van der Waals surface area contributed by atoms with Crippen LogP contribution in [-0.4, -0.2) is 17.0 Å². The van der Waals surface area contributed by atoms with Crippen molar-refractivity contribution in [1.82, 2.24) is 0 Å². The summed E-state index contributed by atoms with van der Waals surface area (Å²) >= 11 is 0. The van der Waals surface area contributed by atoms with Gasteiger partial charge in [-0.1, -0.05) is 24.3 Å². The van der Waals surface area contributed by atoms with E-state index in [-0.39, 0.29) is 23.2 Å². The number of carbonyl (C=O) groups is 2. The van der Waals surface area contributed by atoms with Gasteiger partial charge in [-0.25, -0.2) is 0 Å². The quantitative estimate of drug-likeness (QED) is 0.843. The zero-order valence-corrected chi connectivity index (χ0v) is 12.5. The van der Waals surface area contributed by atoms with Crippen molar-refractivity contribution in [3.63, 3.8) is 0 Å². The monoisotopic (exact) mass is 297 g/mol. The first-order valence-corrected chi connectivity index (χ1v) is 7.82. The number of hydrogen-bond acceptors (Lipinski definition) is 2. The summed E-state index contributed by atoms with van der Waals surface area (Å²) in [6, 6.07) is 7.61. The van der Waals surface area contributed by atoms with E-state index in [1.54, 1.807) is 0 Å². The number of aryl methyl sites for hydroxylation is 1. The van der Waals surface area contributed by atoms with Crippen molar-refractivity contribution in [3.8, 4) is 0 Å². The summed E-state index contributed by atoms with van der Waals surface area (Å²) in [5, 5.41) is 12.5.